The van der Waals surface area contributed by atoms with Crippen molar-refractivity contribution in [2.24, 2.45) is 0 Å². The van der Waals surface area contributed by atoms with E-state index in [4.69, 9.17) is 4.74 Å². The smallest absolute Gasteiger partial charge is 0.312 e. The van der Waals surface area contributed by atoms with Crippen LogP contribution in [0.5, 0.6) is 0 Å². The first-order valence-electron chi connectivity index (χ1n) is 9.33. The summed E-state index contributed by atoms with van der Waals surface area (Å²) < 4.78 is 32.6. The number of nitrogens with one attached hydrogen (secondary N) is 1. The number of piperazine rings is 1. The Balaban J connectivity index is 1.57. The third kappa shape index (κ3) is 4.46. The summed E-state index contributed by atoms with van der Waals surface area (Å²) in [5.74, 6) is -3.74. The van der Waals surface area contributed by atoms with Gasteiger partial charge in [0.15, 0.2) is 0 Å². The Morgan fingerprint density at radius 2 is 2.04 bits per heavy atom. The first kappa shape index (κ1) is 20.2. The Bertz CT molecular complexity index is 768. The molecular formula is C19H23F2N3O4. The van der Waals surface area contributed by atoms with Gasteiger partial charge in [-0.25, -0.2) is 8.78 Å². The number of benzene rings is 1. The van der Waals surface area contributed by atoms with Crippen molar-refractivity contribution in [3.63, 3.8) is 0 Å². The zero-order valence-electron chi connectivity index (χ0n) is 15.6. The Morgan fingerprint density at radius 1 is 1.25 bits per heavy atom. The molecule has 2 fully saturated rings. The summed E-state index contributed by atoms with van der Waals surface area (Å²) >= 11 is 0. The molecule has 2 atom stereocenters. The van der Waals surface area contributed by atoms with Gasteiger partial charge in [-0.1, -0.05) is 0 Å². The number of hydrogen-bond donors (Lipinski definition) is 1. The number of amides is 3. The highest BCUT2D eigenvalue weighted by Crippen LogP contribution is 2.22. The van der Waals surface area contributed by atoms with Crippen LogP contribution in [0.25, 0.3) is 0 Å². The van der Waals surface area contributed by atoms with Gasteiger partial charge in [0.05, 0.1) is 17.8 Å². The molecule has 2 heterocycles. The first-order valence-corrected chi connectivity index (χ1v) is 9.33. The van der Waals surface area contributed by atoms with Crippen molar-refractivity contribution >= 4 is 23.4 Å². The van der Waals surface area contributed by atoms with Gasteiger partial charge < -0.3 is 19.9 Å². The van der Waals surface area contributed by atoms with E-state index in [-0.39, 0.29) is 37.5 Å². The minimum Gasteiger partial charge on any atom is -0.376 e. The second-order valence-corrected chi connectivity index (χ2v) is 7.03. The number of carbonyl (C=O) groups is 3. The van der Waals surface area contributed by atoms with Crippen LogP contribution in [0, 0.1) is 11.6 Å². The van der Waals surface area contributed by atoms with Gasteiger partial charge in [0.1, 0.15) is 18.2 Å². The fraction of sp³-hybridized carbons (Fsp3) is 0.526. The van der Waals surface area contributed by atoms with Gasteiger partial charge >= 0.3 is 11.8 Å². The lowest BCUT2D eigenvalue weighted by Gasteiger charge is -2.34. The molecule has 9 heteroatoms. The molecule has 2 unspecified atom stereocenters. The predicted octanol–water partition coefficient (Wildman–Crippen LogP) is 1.21. The highest BCUT2D eigenvalue weighted by Gasteiger charge is 2.33. The highest BCUT2D eigenvalue weighted by atomic mass is 19.1. The van der Waals surface area contributed by atoms with E-state index >= 15 is 0 Å². The van der Waals surface area contributed by atoms with Crippen molar-refractivity contribution in [2.45, 2.75) is 38.3 Å². The Hall–Kier alpha value is -2.55. The molecule has 1 N–H and O–H groups in total. The maximum atomic E-state index is 13.9. The average Bonchev–Trinajstić information content (AvgIpc) is 2.68. The summed E-state index contributed by atoms with van der Waals surface area (Å²) in [6.45, 7) is 2.15. The third-order valence-corrected chi connectivity index (χ3v) is 5.03. The number of ether oxygens (including phenoxy) is 1. The molecule has 1 aromatic carbocycles. The molecule has 0 saturated carbocycles. The summed E-state index contributed by atoms with van der Waals surface area (Å²) in [5, 5.41) is 2.64. The fourth-order valence-electron chi connectivity index (χ4n) is 3.47. The molecule has 2 aliphatic heterocycles. The topological polar surface area (TPSA) is 79.0 Å². The van der Waals surface area contributed by atoms with Crippen LogP contribution in [0.1, 0.15) is 26.2 Å². The SMILES string of the molecule is CC(NC(=O)C(=O)N1CCN(c2ccc(F)cc2F)C(=O)C1)C1CCCCO1. The quantitative estimate of drug-likeness (QED) is 0.781. The predicted molar refractivity (Wildman–Crippen MR) is 96.5 cm³/mol. The molecule has 28 heavy (non-hydrogen) atoms. The first-order chi connectivity index (χ1) is 13.4. The van der Waals surface area contributed by atoms with Crippen LogP contribution < -0.4 is 10.2 Å². The van der Waals surface area contributed by atoms with Crippen LogP contribution in [-0.4, -0.2) is 61.0 Å². The van der Waals surface area contributed by atoms with Gasteiger partial charge in [0.2, 0.25) is 5.91 Å². The molecule has 2 saturated heterocycles. The van der Waals surface area contributed by atoms with E-state index in [9.17, 15) is 23.2 Å². The minimum absolute atomic E-state index is 0.0156. The van der Waals surface area contributed by atoms with Crippen LogP contribution in [0.15, 0.2) is 18.2 Å². The number of rotatable bonds is 3. The van der Waals surface area contributed by atoms with E-state index in [0.29, 0.717) is 12.7 Å². The van der Waals surface area contributed by atoms with Gasteiger partial charge in [0, 0.05) is 25.8 Å². The van der Waals surface area contributed by atoms with Gasteiger partial charge in [-0.2, -0.15) is 0 Å². The van der Waals surface area contributed by atoms with E-state index in [1.54, 1.807) is 6.92 Å². The molecular weight excluding hydrogens is 372 g/mol. The molecule has 0 bridgehead atoms. The molecule has 0 aliphatic carbocycles. The van der Waals surface area contributed by atoms with Crippen molar-refractivity contribution < 1.29 is 27.9 Å². The van der Waals surface area contributed by atoms with Crippen LogP contribution in [-0.2, 0) is 19.1 Å². The number of carbonyl (C=O) groups excluding carboxylic acids is 3. The summed E-state index contributed by atoms with van der Waals surface area (Å²) in [7, 11) is 0. The molecule has 0 spiro atoms. The van der Waals surface area contributed by atoms with Gasteiger partial charge in [-0.05, 0) is 38.3 Å². The molecule has 0 aromatic heterocycles. The van der Waals surface area contributed by atoms with Crippen LogP contribution >= 0.6 is 0 Å². The van der Waals surface area contributed by atoms with Crippen LogP contribution in [0.3, 0.4) is 0 Å². The Morgan fingerprint density at radius 3 is 2.68 bits per heavy atom. The summed E-state index contributed by atoms with van der Waals surface area (Å²) in [6, 6.07) is 2.62. The molecule has 1 aromatic rings. The maximum Gasteiger partial charge on any atom is 0.312 e. The normalized spacial score (nSPS) is 21.4. The van der Waals surface area contributed by atoms with Crippen molar-refractivity contribution in [3.8, 4) is 0 Å². The average molecular weight is 395 g/mol. The second kappa shape index (κ2) is 8.64. The number of anilines is 1. The molecule has 7 nitrogen and oxygen atoms in total. The summed E-state index contributed by atoms with van der Waals surface area (Å²) in [5.41, 5.74) is -0.0500. The lowest BCUT2D eigenvalue weighted by molar-refractivity contribution is -0.148. The molecule has 3 rings (SSSR count). The number of nitrogens with zero attached hydrogens (tertiary/aromatic N) is 2. The van der Waals surface area contributed by atoms with Gasteiger partial charge in [0.25, 0.3) is 0 Å². The van der Waals surface area contributed by atoms with Crippen LogP contribution in [0.4, 0.5) is 14.5 Å². The Kier molecular flexibility index (Phi) is 6.23. The maximum absolute atomic E-state index is 13.9. The molecule has 0 radical (unpaired) electrons. The second-order valence-electron chi connectivity index (χ2n) is 7.03. The monoisotopic (exact) mass is 395 g/mol. The minimum atomic E-state index is -0.854. The van der Waals surface area contributed by atoms with Gasteiger partial charge in [-0.3, -0.25) is 14.4 Å². The summed E-state index contributed by atoms with van der Waals surface area (Å²) in [4.78, 5) is 39.3. The van der Waals surface area contributed by atoms with Crippen LogP contribution in [0.2, 0.25) is 0 Å². The molecule has 3 amide bonds. The zero-order valence-corrected chi connectivity index (χ0v) is 15.6. The number of halogens is 2. The molecule has 152 valence electrons. The third-order valence-electron chi connectivity index (χ3n) is 5.03. The summed E-state index contributed by atoms with van der Waals surface area (Å²) in [6.07, 6.45) is 2.67. The highest BCUT2D eigenvalue weighted by molar-refractivity contribution is 6.35. The Labute approximate surface area is 161 Å². The van der Waals surface area contributed by atoms with E-state index in [2.05, 4.69) is 5.32 Å². The zero-order chi connectivity index (χ0) is 20.3. The molecule has 2 aliphatic rings. The van der Waals surface area contributed by atoms with Gasteiger partial charge in [-0.15, -0.1) is 0 Å². The number of hydrogen-bond acceptors (Lipinski definition) is 4. The van der Waals surface area contributed by atoms with Crippen molar-refractivity contribution in [3.05, 3.63) is 29.8 Å². The lowest BCUT2D eigenvalue weighted by Crippen LogP contribution is -2.57. The van der Waals surface area contributed by atoms with Crippen molar-refractivity contribution in [1.82, 2.24) is 10.2 Å². The van der Waals surface area contributed by atoms with Crippen molar-refractivity contribution in [1.29, 1.82) is 0 Å². The van der Waals surface area contributed by atoms with Crippen molar-refractivity contribution in [2.75, 3.05) is 31.1 Å². The fourth-order valence-corrected chi connectivity index (χ4v) is 3.47. The van der Waals surface area contributed by atoms with E-state index in [1.807, 2.05) is 0 Å². The standard InChI is InChI=1S/C19H23F2N3O4/c1-12(16-4-2-3-9-28-16)22-18(26)19(27)23-7-8-24(17(25)11-23)15-6-5-13(20)10-14(15)21/h5-6,10,12,16H,2-4,7-9,11H2,1H3,(H,22,26). The largest absolute Gasteiger partial charge is 0.376 e. The van der Waals surface area contributed by atoms with E-state index < -0.39 is 29.4 Å². The lowest BCUT2D eigenvalue weighted by atomic mass is 10.0. The van der Waals surface area contributed by atoms with E-state index in [0.717, 1.165) is 35.1 Å². The van der Waals surface area contributed by atoms with E-state index in [1.165, 1.54) is 6.07 Å².